The minimum absolute atomic E-state index is 0.00666. The highest BCUT2D eigenvalue weighted by Gasteiger charge is 2.37. The van der Waals surface area contributed by atoms with E-state index in [4.69, 9.17) is 0 Å². The highest BCUT2D eigenvalue weighted by Crippen LogP contribution is 2.34. The molecular formula is C24H31N3O. The van der Waals surface area contributed by atoms with Crippen LogP contribution in [0.15, 0.2) is 54.6 Å². The van der Waals surface area contributed by atoms with Gasteiger partial charge in [-0.3, -0.25) is 4.90 Å². The quantitative estimate of drug-likeness (QED) is 0.813. The molecule has 1 atom stereocenters. The SMILES string of the molecule is CC(C)(C)c1ccc(NC(=O)N2CCN(C3CC3)CC2c2ccccc2)cc1. The highest BCUT2D eigenvalue weighted by atomic mass is 16.2. The van der Waals surface area contributed by atoms with Crippen LogP contribution in [0.2, 0.25) is 0 Å². The topological polar surface area (TPSA) is 35.6 Å². The molecule has 28 heavy (non-hydrogen) atoms. The Kier molecular flexibility index (Phi) is 5.15. The van der Waals surface area contributed by atoms with Gasteiger partial charge in [-0.15, -0.1) is 0 Å². The fourth-order valence-corrected chi connectivity index (χ4v) is 4.03. The predicted octanol–water partition coefficient (Wildman–Crippen LogP) is 5.04. The fourth-order valence-electron chi connectivity index (χ4n) is 4.03. The molecule has 1 N–H and O–H groups in total. The monoisotopic (exact) mass is 377 g/mol. The van der Waals surface area contributed by atoms with E-state index in [0.717, 1.165) is 31.4 Å². The Morgan fingerprint density at radius 3 is 2.25 bits per heavy atom. The lowest BCUT2D eigenvalue weighted by Gasteiger charge is -2.41. The number of hydrogen-bond donors (Lipinski definition) is 1. The van der Waals surface area contributed by atoms with Crippen LogP contribution in [0.3, 0.4) is 0 Å². The van der Waals surface area contributed by atoms with Crippen molar-refractivity contribution in [3.63, 3.8) is 0 Å². The van der Waals surface area contributed by atoms with Crippen molar-refractivity contribution in [2.24, 2.45) is 0 Å². The van der Waals surface area contributed by atoms with Gasteiger partial charge in [0, 0.05) is 31.4 Å². The Morgan fingerprint density at radius 2 is 1.64 bits per heavy atom. The Hall–Kier alpha value is -2.33. The summed E-state index contributed by atoms with van der Waals surface area (Å²) >= 11 is 0. The number of rotatable bonds is 3. The molecule has 4 rings (SSSR count). The first-order valence-corrected chi connectivity index (χ1v) is 10.4. The molecule has 1 aliphatic heterocycles. The maximum Gasteiger partial charge on any atom is 0.322 e. The molecule has 0 bridgehead atoms. The van der Waals surface area contributed by atoms with E-state index in [1.54, 1.807) is 0 Å². The summed E-state index contributed by atoms with van der Waals surface area (Å²) in [6, 6.07) is 19.5. The molecule has 0 radical (unpaired) electrons. The van der Waals surface area contributed by atoms with Crippen LogP contribution in [-0.2, 0) is 5.41 Å². The largest absolute Gasteiger partial charge is 0.322 e. The molecule has 4 heteroatoms. The summed E-state index contributed by atoms with van der Waals surface area (Å²) in [5.74, 6) is 0. The van der Waals surface area contributed by atoms with E-state index in [1.165, 1.54) is 24.0 Å². The van der Waals surface area contributed by atoms with E-state index in [2.05, 4.69) is 67.4 Å². The molecule has 148 valence electrons. The molecule has 2 aromatic rings. The van der Waals surface area contributed by atoms with Gasteiger partial charge in [0.1, 0.15) is 0 Å². The van der Waals surface area contributed by atoms with Gasteiger partial charge in [-0.1, -0.05) is 63.2 Å². The number of carbonyl (C=O) groups is 1. The molecule has 2 aromatic carbocycles. The van der Waals surface area contributed by atoms with Crippen LogP contribution in [0.1, 0.15) is 50.8 Å². The van der Waals surface area contributed by atoms with Crippen LogP contribution < -0.4 is 5.32 Å². The van der Waals surface area contributed by atoms with Gasteiger partial charge >= 0.3 is 6.03 Å². The molecular weight excluding hydrogens is 346 g/mol. The molecule has 1 unspecified atom stereocenters. The zero-order valence-corrected chi connectivity index (χ0v) is 17.2. The third kappa shape index (κ3) is 4.22. The molecule has 2 fully saturated rings. The van der Waals surface area contributed by atoms with Gasteiger partial charge in [0.25, 0.3) is 0 Å². The molecule has 0 spiro atoms. The van der Waals surface area contributed by atoms with Gasteiger partial charge in [-0.2, -0.15) is 0 Å². The fraction of sp³-hybridized carbons (Fsp3) is 0.458. The first-order chi connectivity index (χ1) is 13.4. The van der Waals surface area contributed by atoms with Crippen LogP contribution in [0, 0.1) is 0 Å². The summed E-state index contributed by atoms with van der Waals surface area (Å²) in [7, 11) is 0. The Labute approximate surface area is 168 Å². The van der Waals surface area contributed by atoms with Gasteiger partial charge < -0.3 is 10.2 Å². The zero-order valence-electron chi connectivity index (χ0n) is 17.2. The van der Waals surface area contributed by atoms with Gasteiger partial charge in [0.15, 0.2) is 0 Å². The molecule has 1 heterocycles. The number of carbonyl (C=O) groups excluding carboxylic acids is 1. The maximum atomic E-state index is 13.1. The first kappa shape index (κ1) is 19.0. The number of anilines is 1. The van der Waals surface area contributed by atoms with E-state index in [0.29, 0.717) is 0 Å². The van der Waals surface area contributed by atoms with E-state index in [9.17, 15) is 4.79 Å². The summed E-state index contributed by atoms with van der Waals surface area (Å²) < 4.78 is 0. The number of nitrogens with one attached hydrogen (secondary N) is 1. The minimum atomic E-state index is -0.00666. The van der Waals surface area contributed by atoms with Crippen molar-refractivity contribution in [3.05, 3.63) is 65.7 Å². The average Bonchev–Trinajstić information content (AvgIpc) is 3.53. The van der Waals surface area contributed by atoms with Gasteiger partial charge in [-0.05, 0) is 41.5 Å². The van der Waals surface area contributed by atoms with Crippen LogP contribution in [0.4, 0.5) is 10.5 Å². The van der Waals surface area contributed by atoms with Crippen molar-refractivity contribution >= 4 is 11.7 Å². The summed E-state index contributed by atoms with van der Waals surface area (Å²) in [6.45, 7) is 9.25. The molecule has 2 aliphatic rings. The number of benzene rings is 2. The van der Waals surface area contributed by atoms with Gasteiger partial charge in [0.05, 0.1) is 6.04 Å². The number of nitrogens with zero attached hydrogens (tertiary/aromatic N) is 2. The van der Waals surface area contributed by atoms with Crippen molar-refractivity contribution in [1.29, 1.82) is 0 Å². The van der Waals surface area contributed by atoms with Crippen LogP contribution in [0.25, 0.3) is 0 Å². The number of piperazine rings is 1. The van der Waals surface area contributed by atoms with E-state index in [1.807, 2.05) is 23.1 Å². The van der Waals surface area contributed by atoms with E-state index < -0.39 is 0 Å². The number of amides is 2. The lowest BCUT2D eigenvalue weighted by Crippen LogP contribution is -2.52. The van der Waals surface area contributed by atoms with Crippen LogP contribution in [0.5, 0.6) is 0 Å². The predicted molar refractivity (Wildman–Crippen MR) is 115 cm³/mol. The molecule has 1 saturated carbocycles. The summed E-state index contributed by atoms with van der Waals surface area (Å²) in [5, 5.41) is 3.12. The average molecular weight is 378 g/mol. The van der Waals surface area contributed by atoms with Crippen LogP contribution in [-0.4, -0.2) is 41.5 Å². The van der Waals surface area contributed by atoms with Crippen molar-refractivity contribution in [3.8, 4) is 0 Å². The highest BCUT2D eigenvalue weighted by molar-refractivity contribution is 5.89. The summed E-state index contributed by atoms with van der Waals surface area (Å²) in [5.41, 5.74) is 3.45. The van der Waals surface area contributed by atoms with Gasteiger partial charge in [-0.25, -0.2) is 4.79 Å². The Morgan fingerprint density at radius 1 is 0.964 bits per heavy atom. The van der Waals surface area contributed by atoms with E-state index in [-0.39, 0.29) is 17.5 Å². The van der Waals surface area contributed by atoms with Crippen molar-refractivity contribution in [2.45, 2.75) is 51.1 Å². The number of hydrogen-bond acceptors (Lipinski definition) is 2. The second kappa shape index (κ2) is 7.59. The minimum Gasteiger partial charge on any atom is -0.315 e. The Bertz CT molecular complexity index is 806. The van der Waals surface area contributed by atoms with Gasteiger partial charge in [0.2, 0.25) is 0 Å². The van der Waals surface area contributed by atoms with Crippen molar-refractivity contribution in [2.75, 3.05) is 25.0 Å². The molecule has 0 aromatic heterocycles. The lowest BCUT2D eigenvalue weighted by molar-refractivity contribution is 0.0954. The molecule has 1 aliphatic carbocycles. The first-order valence-electron chi connectivity index (χ1n) is 10.4. The molecule has 1 saturated heterocycles. The summed E-state index contributed by atoms with van der Waals surface area (Å²) in [4.78, 5) is 17.7. The smallest absolute Gasteiger partial charge is 0.315 e. The third-order valence-corrected chi connectivity index (χ3v) is 5.92. The summed E-state index contributed by atoms with van der Waals surface area (Å²) in [6.07, 6.45) is 2.60. The second-order valence-electron chi connectivity index (χ2n) is 9.10. The molecule has 4 nitrogen and oxygen atoms in total. The molecule has 2 amide bonds. The Balaban J connectivity index is 1.49. The number of urea groups is 1. The normalized spacial score (nSPS) is 20.8. The zero-order chi connectivity index (χ0) is 19.7. The second-order valence-corrected chi connectivity index (χ2v) is 9.10. The maximum absolute atomic E-state index is 13.1. The third-order valence-electron chi connectivity index (χ3n) is 5.92. The van der Waals surface area contributed by atoms with Crippen molar-refractivity contribution in [1.82, 2.24) is 9.80 Å². The standard InChI is InChI=1S/C24H31N3O/c1-24(2,3)19-9-11-20(12-10-19)25-23(28)27-16-15-26(21-13-14-21)17-22(27)18-7-5-4-6-8-18/h4-12,21-22H,13-17H2,1-3H3,(H,25,28). The van der Waals surface area contributed by atoms with Crippen molar-refractivity contribution < 1.29 is 4.79 Å². The van der Waals surface area contributed by atoms with E-state index >= 15 is 0 Å². The lowest BCUT2D eigenvalue weighted by atomic mass is 9.87. The van der Waals surface area contributed by atoms with Crippen LogP contribution >= 0.6 is 0 Å².